The maximum Gasteiger partial charge on any atom is 0.227 e. The van der Waals surface area contributed by atoms with Crippen LogP contribution < -0.4 is 14.7 Å². The Morgan fingerprint density at radius 1 is 0.885 bits per heavy atom. The standard InChI is InChI=1S/C19H27N7/c1-2-16-6-3-4-11-26(16)17-7-10-22-19(23-17)25-14-12-24(13-15-25)18-20-8-5-9-21-18/h5,7-10,16H,2-4,6,11-15H2,1H3. The Morgan fingerprint density at radius 3 is 2.31 bits per heavy atom. The van der Waals surface area contributed by atoms with Crippen molar-refractivity contribution >= 4 is 17.7 Å². The van der Waals surface area contributed by atoms with Crippen LogP contribution in [0.3, 0.4) is 0 Å². The highest BCUT2D eigenvalue weighted by Crippen LogP contribution is 2.26. The lowest BCUT2D eigenvalue weighted by Crippen LogP contribution is -2.48. The van der Waals surface area contributed by atoms with E-state index in [9.17, 15) is 0 Å². The molecule has 4 heterocycles. The van der Waals surface area contributed by atoms with Crippen LogP contribution in [0.1, 0.15) is 32.6 Å². The zero-order valence-corrected chi connectivity index (χ0v) is 15.5. The molecule has 2 aliphatic rings. The molecular weight excluding hydrogens is 326 g/mol. The van der Waals surface area contributed by atoms with E-state index in [4.69, 9.17) is 4.98 Å². The van der Waals surface area contributed by atoms with E-state index >= 15 is 0 Å². The Morgan fingerprint density at radius 2 is 1.58 bits per heavy atom. The third-order valence-electron chi connectivity index (χ3n) is 5.42. The highest BCUT2D eigenvalue weighted by atomic mass is 15.4. The summed E-state index contributed by atoms with van der Waals surface area (Å²) in [5.74, 6) is 2.73. The average molecular weight is 353 g/mol. The van der Waals surface area contributed by atoms with Crippen molar-refractivity contribution in [2.75, 3.05) is 47.4 Å². The lowest BCUT2D eigenvalue weighted by molar-refractivity contribution is 0.446. The summed E-state index contributed by atoms with van der Waals surface area (Å²) in [5.41, 5.74) is 0. The van der Waals surface area contributed by atoms with Crippen molar-refractivity contribution in [3.63, 3.8) is 0 Å². The second kappa shape index (κ2) is 7.85. The Hall–Kier alpha value is -2.44. The summed E-state index contributed by atoms with van der Waals surface area (Å²) in [7, 11) is 0. The van der Waals surface area contributed by atoms with Crippen molar-refractivity contribution in [3.8, 4) is 0 Å². The Labute approximate surface area is 155 Å². The van der Waals surface area contributed by atoms with Crippen LogP contribution >= 0.6 is 0 Å². The molecule has 138 valence electrons. The summed E-state index contributed by atoms with van der Waals surface area (Å²) in [6.07, 6.45) is 10.5. The van der Waals surface area contributed by atoms with Gasteiger partial charge in [0.15, 0.2) is 0 Å². The van der Waals surface area contributed by atoms with E-state index in [-0.39, 0.29) is 0 Å². The van der Waals surface area contributed by atoms with E-state index in [0.717, 1.165) is 50.4 Å². The van der Waals surface area contributed by atoms with E-state index < -0.39 is 0 Å². The maximum absolute atomic E-state index is 4.91. The molecule has 0 spiro atoms. The molecule has 26 heavy (non-hydrogen) atoms. The minimum Gasteiger partial charge on any atom is -0.353 e. The molecule has 2 aliphatic heterocycles. The van der Waals surface area contributed by atoms with Crippen molar-refractivity contribution in [2.24, 2.45) is 0 Å². The molecule has 0 aromatic carbocycles. The first-order valence-corrected chi connectivity index (χ1v) is 9.72. The smallest absolute Gasteiger partial charge is 0.227 e. The summed E-state index contributed by atoms with van der Waals surface area (Å²) in [6, 6.07) is 4.52. The molecule has 0 saturated carbocycles. The molecule has 2 saturated heterocycles. The van der Waals surface area contributed by atoms with E-state index in [2.05, 4.69) is 42.6 Å². The Bertz CT molecular complexity index is 700. The molecule has 2 aromatic heterocycles. The predicted molar refractivity (Wildman–Crippen MR) is 104 cm³/mol. The number of piperazine rings is 1. The lowest BCUT2D eigenvalue weighted by atomic mass is 10.0. The molecule has 0 aliphatic carbocycles. The monoisotopic (exact) mass is 353 g/mol. The molecule has 0 amide bonds. The minimum absolute atomic E-state index is 0.610. The largest absolute Gasteiger partial charge is 0.353 e. The third kappa shape index (κ3) is 3.57. The number of aromatic nitrogens is 4. The molecule has 0 N–H and O–H groups in total. The van der Waals surface area contributed by atoms with Crippen LogP contribution in [0.15, 0.2) is 30.7 Å². The van der Waals surface area contributed by atoms with Crippen LogP contribution in [0.5, 0.6) is 0 Å². The van der Waals surface area contributed by atoms with Crippen LogP contribution in [0.4, 0.5) is 17.7 Å². The summed E-state index contributed by atoms with van der Waals surface area (Å²) in [4.78, 5) is 25.1. The highest BCUT2D eigenvalue weighted by Gasteiger charge is 2.24. The lowest BCUT2D eigenvalue weighted by Gasteiger charge is -2.37. The first-order chi connectivity index (χ1) is 12.8. The van der Waals surface area contributed by atoms with Gasteiger partial charge in [-0.15, -0.1) is 0 Å². The van der Waals surface area contributed by atoms with Gasteiger partial charge in [-0.1, -0.05) is 6.92 Å². The van der Waals surface area contributed by atoms with Gasteiger partial charge in [-0.25, -0.2) is 15.0 Å². The molecule has 2 fully saturated rings. The molecule has 2 aromatic rings. The maximum atomic E-state index is 4.91. The minimum atomic E-state index is 0.610. The SMILES string of the molecule is CCC1CCCCN1c1ccnc(N2CCN(c3ncccn3)CC2)n1. The van der Waals surface area contributed by atoms with Crippen LogP contribution in [0.2, 0.25) is 0 Å². The fourth-order valence-corrected chi connectivity index (χ4v) is 3.94. The van der Waals surface area contributed by atoms with Gasteiger partial charge >= 0.3 is 0 Å². The van der Waals surface area contributed by atoms with E-state index in [1.807, 2.05) is 12.3 Å². The zero-order valence-electron chi connectivity index (χ0n) is 15.5. The van der Waals surface area contributed by atoms with E-state index in [0.29, 0.717) is 6.04 Å². The fraction of sp³-hybridized carbons (Fsp3) is 0.579. The number of hydrogen-bond acceptors (Lipinski definition) is 7. The van der Waals surface area contributed by atoms with Gasteiger partial charge < -0.3 is 14.7 Å². The van der Waals surface area contributed by atoms with E-state index in [1.165, 1.54) is 25.7 Å². The van der Waals surface area contributed by atoms with Crippen LogP contribution in [-0.4, -0.2) is 58.7 Å². The van der Waals surface area contributed by atoms with Crippen LogP contribution in [0, 0.1) is 0 Å². The van der Waals surface area contributed by atoms with Gasteiger partial charge in [-0.2, -0.15) is 4.98 Å². The number of piperidine rings is 1. The quantitative estimate of drug-likeness (QED) is 0.836. The van der Waals surface area contributed by atoms with Gasteiger partial charge in [0.1, 0.15) is 5.82 Å². The van der Waals surface area contributed by atoms with Crippen LogP contribution in [0.25, 0.3) is 0 Å². The van der Waals surface area contributed by atoms with Gasteiger partial charge in [0.05, 0.1) is 0 Å². The van der Waals surface area contributed by atoms with Crippen molar-refractivity contribution in [2.45, 2.75) is 38.6 Å². The van der Waals surface area contributed by atoms with Crippen molar-refractivity contribution < 1.29 is 0 Å². The fourth-order valence-electron chi connectivity index (χ4n) is 3.94. The average Bonchev–Trinajstić information content (AvgIpc) is 2.74. The number of rotatable bonds is 4. The summed E-state index contributed by atoms with van der Waals surface area (Å²) in [5, 5.41) is 0. The van der Waals surface area contributed by atoms with Gasteiger partial charge in [0, 0.05) is 57.4 Å². The number of nitrogens with zero attached hydrogens (tertiary/aromatic N) is 7. The summed E-state index contributed by atoms with van der Waals surface area (Å²) >= 11 is 0. The molecule has 0 radical (unpaired) electrons. The normalized spacial score (nSPS) is 21.1. The number of anilines is 3. The number of hydrogen-bond donors (Lipinski definition) is 0. The third-order valence-corrected chi connectivity index (χ3v) is 5.42. The zero-order chi connectivity index (χ0) is 17.8. The molecule has 4 rings (SSSR count). The van der Waals surface area contributed by atoms with E-state index in [1.54, 1.807) is 12.4 Å². The Balaban J connectivity index is 1.44. The van der Waals surface area contributed by atoms with Crippen LogP contribution in [-0.2, 0) is 0 Å². The first kappa shape index (κ1) is 17.0. The second-order valence-electron chi connectivity index (χ2n) is 6.99. The van der Waals surface area contributed by atoms with Crippen molar-refractivity contribution in [1.82, 2.24) is 19.9 Å². The topological polar surface area (TPSA) is 61.3 Å². The van der Waals surface area contributed by atoms with Gasteiger partial charge in [0.2, 0.25) is 11.9 Å². The highest BCUT2D eigenvalue weighted by molar-refractivity contribution is 5.46. The summed E-state index contributed by atoms with van der Waals surface area (Å²) in [6.45, 7) is 6.93. The predicted octanol–water partition coefficient (Wildman–Crippen LogP) is 2.36. The second-order valence-corrected chi connectivity index (χ2v) is 6.99. The molecular formula is C19H27N7. The first-order valence-electron chi connectivity index (χ1n) is 9.72. The van der Waals surface area contributed by atoms with Gasteiger partial charge in [-0.05, 0) is 37.8 Å². The molecule has 1 unspecified atom stereocenters. The molecule has 7 nitrogen and oxygen atoms in total. The molecule has 0 bridgehead atoms. The van der Waals surface area contributed by atoms with Crippen molar-refractivity contribution in [3.05, 3.63) is 30.7 Å². The van der Waals surface area contributed by atoms with Gasteiger partial charge in [-0.3, -0.25) is 0 Å². The molecule has 7 heteroatoms. The van der Waals surface area contributed by atoms with Crippen molar-refractivity contribution in [1.29, 1.82) is 0 Å². The molecule has 1 atom stereocenters. The Kier molecular flexibility index (Phi) is 5.13. The van der Waals surface area contributed by atoms with Gasteiger partial charge in [0.25, 0.3) is 0 Å². The summed E-state index contributed by atoms with van der Waals surface area (Å²) < 4.78 is 0.